The lowest BCUT2D eigenvalue weighted by atomic mass is 9.94. The molecule has 0 spiro atoms. The van der Waals surface area contributed by atoms with Gasteiger partial charge in [0.1, 0.15) is 17.6 Å². The summed E-state index contributed by atoms with van der Waals surface area (Å²) < 4.78 is 30.7. The van der Waals surface area contributed by atoms with E-state index >= 15 is 0 Å². The predicted molar refractivity (Wildman–Crippen MR) is 144 cm³/mol. The zero-order valence-corrected chi connectivity index (χ0v) is 22.7. The number of aromatic nitrogens is 2. The number of halogens is 2. The van der Waals surface area contributed by atoms with Gasteiger partial charge in [-0.3, -0.25) is 19.5 Å². The van der Waals surface area contributed by atoms with E-state index in [4.69, 9.17) is 25.8 Å². The number of methoxy groups -OCH3 is 3. The molecule has 3 aromatic rings. The van der Waals surface area contributed by atoms with Crippen LogP contribution in [-0.2, 0) is 4.79 Å². The van der Waals surface area contributed by atoms with Crippen LogP contribution in [0.5, 0.6) is 17.2 Å². The van der Waals surface area contributed by atoms with Gasteiger partial charge in [0.25, 0.3) is 5.91 Å². The van der Waals surface area contributed by atoms with Gasteiger partial charge in [0.2, 0.25) is 11.7 Å². The Balaban J connectivity index is 1.92. The van der Waals surface area contributed by atoms with Crippen molar-refractivity contribution in [1.29, 1.82) is 0 Å². The average molecular weight is 557 g/mol. The SMILES string of the molecule is COc1cc([C@H](C(=O)NC2CCCCC2)N(C(=O)c2cnccn2)c2ccc(F)c(Cl)c2)cc(OC)c1OC. The van der Waals surface area contributed by atoms with Crippen molar-refractivity contribution < 1.29 is 28.2 Å². The Morgan fingerprint density at radius 3 is 2.28 bits per heavy atom. The Hall–Kier alpha value is -3.92. The molecule has 0 bridgehead atoms. The Morgan fingerprint density at radius 1 is 1.03 bits per heavy atom. The highest BCUT2D eigenvalue weighted by atomic mass is 35.5. The minimum atomic E-state index is -1.24. The van der Waals surface area contributed by atoms with Gasteiger partial charge < -0.3 is 19.5 Å². The van der Waals surface area contributed by atoms with E-state index in [9.17, 15) is 14.0 Å². The number of hydrogen-bond acceptors (Lipinski definition) is 7. The molecule has 1 aliphatic rings. The summed E-state index contributed by atoms with van der Waals surface area (Å²) in [6.45, 7) is 0. The summed E-state index contributed by atoms with van der Waals surface area (Å²) in [6, 6.07) is 5.74. The van der Waals surface area contributed by atoms with Crippen LogP contribution >= 0.6 is 11.6 Å². The smallest absolute Gasteiger partial charge is 0.279 e. The van der Waals surface area contributed by atoms with E-state index in [0.717, 1.165) is 38.2 Å². The molecule has 39 heavy (non-hydrogen) atoms. The summed E-state index contributed by atoms with van der Waals surface area (Å²) in [6.07, 6.45) is 8.86. The van der Waals surface area contributed by atoms with Gasteiger partial charge in [0.05, 0.1) is 32.5 Å². The summed E-state index contributed by atoms with van der Waals surface area (Å²) in [5.74, 6) is -0.815. The molecular formula is C28H30ClFN4O5. The number of carbonyl (C=O) groups is 2. The minimum Gasteiger partial charge on any atom is -0.493 e. The average Bonchev–Trinajstić information content (AvgIpc) is 2.97. The molecule has 2 amide bonds. The van der Waals surface area contributed by atoms with Gasteiger partial charge in [-0.05, 0) is 48.7 Å². The summed E-state index contributed by atoms with van der Waals surface area (Å²) in [7, 11) is 4.39. The number of carbonyl (C=O) groups excluding carboxylic acids is 2. The fraction of sp³-hybridized carbons (Fsp3) is 0.357. The van der Waals surface area contributed by atoms with Crippen LogP contribution in [0.2, 0.25) is 5.02 Å². The third-order valence-electron chi connectivity index (χ3n) is 6.64. The number of nitrogens with one attached hydrogen (secondary N) is 1. The third kappa shape index (κ3) is 6.22. The molecule has 0 aliphatic heterocycles. The van der Waals surface area contributed by atoms with Gasteiger partial charge in [0, 0.05) is 24.1 Å². The van der Waals surface area contributed by atoms with Crippen molar-refractivity contribution >= 4 is 29.1 Å². The van der Waals surface area contributed by atoms with E-state index in [-0.39, 0.29) is 22.4 Å². The summed E-state index contributed by atoms with van der Waals surface area (Å²) >= 11 is 6.13. The van der Waals surface area contributed by atoms with Gasteiger partial charge in [0.15, 0.2) is 11.5 Å². The van der Waals surface area contributed by atoms with Crippen molar-refractivity contribution in [3.63, 3.8) is 0 Å². The largest absolute Gasteiger partial charge is 0.493 e. The minimum absolute atomic E-state index is 0.0131. The number of nitrogens with zero attached hydrogens (tertiary/aromatic N) is 3. The Bertz CT molecular complexity index is 1300. The number of rotatable bonds is 9. The summed E-state index contributed by atoms with van der Waals surface area (Å²) in [4.78, 5) is 37.5. The van der Waals surface area contributed by atoms with E-state index < -0.39 is 23.7 Å². The maximum Gasteiger partial charge on any atom is 0.279 e. The lowest BCUT2D eigenvalue weighted by Gasteiger charge is -2.33. The molecule has 0 radical (unpaired) electrons. The molecule has 9 nitrogen and oxygen atoms in total. The van der Waals surface area contributed by atoms with Crippen molar-refractivity contribution in [2.75, 3.05) is 26.2 Å². The molecule has 2 aromatic carbocycles. The van der Waals surface area contributed by atoms with Crippen molar-refractivity contribution in [1.82, 2.24) is 15.3 Å². The van der Waals surface area contributed by atoms with Gasteiger partial charge in [-0.15, -0.1) is 0 Å². The van der Waals surface area contributed by atoms with Gasteiger partial charge in [-0.1, -0.05) is 30.9 Å². The highest BCUT2D eigenvalue weighted by Crippen LogP contribution is 2.42. The fourth-order valence-electron chi connectivity index (χ4n) is 4.76. The van der Waals surface area contributed by atoms with E-state index in [1.807, 2.05) is 0 Å². The zero-order chi connectivity index (χ0) is 27.9. The highest BCUT2D eigenvalue weighted by Gasteiger charge is 2.37. The third-order valence-corrected chi connectivity index (χ3v) is 6.93. The van der Waals surface area contributed by atoms with Crippen LogP contribution in [0, 0.1) is 5.82 Å². The van der Waals surface area contributed by atoms with E-state index in [2.05, 4.69) is 15.3 Å². The second-order valence-corrected chi connectivity index (χ2v) is 9.48. The number of benzene rings is 2. The molecule has 11 heteroatoms. The van der Waals surface area contributed by atoms with Crippen LogP contribution in [-0.4, -0.2) is 49.2 Å². The van der Waals surface area contributed by atoms with Crippen molar-refractivity contribution in [3.8, 4) is 17.2 Å². The first-order valence-electron chi connectivity index (χ1n) is 12.5. The molecule has 1 atom stereocenters. The van der Waals surface area contributed by atoms with Crippen LogP contribution in [0.15, 0.2) is 48.9 Å². The first kappa shape index (κ1) is 28.1. The molecular weight excluding hydrogens is 527 g/mol. The fourth-order valence-corrected chi connectivity index (χ4v) is 4.93. The molecule has 4 rings (SSSR count). The first-order valence-corrected chi connectivity index (χ1v) is 12.9. The highest BCUT2D eigenvalue weighted by molar-refractivity contribution is 6.31. The molecule has 1 aromatic heterocycles. The van der Waals surface area contributed by atoms with Crippen molar-refractivity contribution in [2.24, 2.45) is 0 Å². The van der Waals surface area contributed by atoms with Crippen LogP contribution in [0.25, 0.3) is 0 Å². The molecule has 1 N–H and O–H groups in total. The number of anilines is 1. The van der Waals surface area contributed by atoms with E-state index in [0.29, 0.717) is 22.8 Å². The maximum absolute atomic E-state index is 14.2. The molecule has 1 fully saturated rings. The van der Waals surface area contributed by atoms with Gasteiger partial charge >= 0.3 is 0 Å². The summed E-state index contributed by atoms with van der Waals surface area (Å²) in [5.41, 5.74) is 0.547. The van der Waals surface area contributed by atoms with E-state index in [1.54, 1.807) is 12.1 Å². The van der Waals surface area contributed by atoms with E-state index in [1.165, 1.54) is 57.0 Å². The molecule has 1 heterocycles. The molecule has 206 valence electrons. The predicted octanol–water partition coefficient (Wildman–Crippen LogP) is 5.13. The number of amides is 2. The van der Waals surface area contributed by atoms with Crippen LogP contribution in [0.1, 0.15) is 54.2 Å². The first-order chi connectivity index (χ1) is 18.9. The van der Waals surface area contributed by atoms with Crippen LogP contribution in [0.3, 0.4) is 0 Å². The lowest BCUT2D eigenvalue weighted by molar-refractivity contribution is -0.123. The molecule has 0 saturated heterocycles. The quantitative estimate of drug-likeness (QED) is 0.389. The second-order valence-electron chi connectivity index (χ2n) is 9.07. The number of hydrogen-bond donors (Lipinski definition) is 1. The van der Waals surface area contributed by atoms with Crippen LogP contribution < -0.4 is 24.4 Å². The monoisotopic (exact) mass is 556 g/mol. The topological polar surface area (TPSA) is 103 Å². The standard InChI is InChI=1S/C28H30ClFN4O5/c1-37-23-13-17(14-24(38-2)26(23)39-3)25(27(35)33-18-7-5-4-6-8-18)34(19-9-10-21(30)20(29)15-19)28(36)22-16-31-11-12-32-22/h9-16,18,25H,4-8H2,1-3H3,(H,33,35)/t25-/m1/s1. The summed E-state index contributed by atoms with van der Waals surface area (Å²) in [5, 5.41) is 2.91. The molecule has 1 aliphatic carbocycles. The normalized spacial score (nSPS) is 14.3. The van der Waals surface area contributed by atoms with Crippen molar-refractivity contribution in [2.45, 2.75) is 44.2 Å². The second kappa shape index (κ2) is 12.8. The van der Waals surface area contributed by atoms with Crippen molar-refractivity contribution in [3.05, 3.63) is 71.0 Å². The lowest BCUT2D eigenvalue weighted by Crippen LogP contribution is -2.47. The Morgan fingerprint density at radius 2 is 1.72 bits per heavy atom. The molecule has 1 saturated carbocycles. The molecule has 0 unspecified atom stereocenters. The zero-order valence-electron chi connectivity index (χ0n) is 21.9. The van der Waals surface area contributed by atoms with Crippen LogP contribution in [0.4, 0.5) is 10.1 Å². The van der Waals surface area contributed by atoms with Gasteiger partial charge in [-0.2, -0.15) is 0 Å². The Labute approximate surface area is 231 Å². The maximum atomic E-state index is 14.2. The Kier molecular flexibility index (Phi) is 9.19. The number of ether oxygens (including phenoxy) is 3. The van der Waals surface area contributed by atoms with Gasteiger partial charge in [-0.25, -0.2) is 9.37 Å².